The van der Waals surface area contributed by atoms with Crippen molar-refractivity contribution in [3.05, 3.63) is 79.1 Å². The lowest BCUT2D eigenvalue weighted by molar-refractivity contribution is -0.384. The van der Waals surface area contributed by atoms with Crippen LogP contribution in [0.5, 0.6) is 5.75 Å². The Labute approximate surface area is 147 Å². The van der Waals surface area contributed by atoms with E-state index in [9.17, 15) is 19.7 Å². The molecule has 0 bridgehead atoms. The first-order chi connectivity index (χ1) is 12.3. The number of carbonyl (C=O) groups is 1. The second kappa shape index (κ2) is 6.36. The molecule has 0 saturated carbocycles. The molecule has 0 spiro atoms. The minimum absolute atomic E-state index is 0.0881. The number of nitrogens with two attached hydrogens (primary N) is 1. The van der Waals surface area contributed by atoms with Crippen LogP contribution in [0.4, 0.5) is 5.69 Å². The fraction of sp³-hybridized carbons (Fsp3) is 0.176. The summed E-state index contributed by atoms with van der Waals surface area (Å²) >= 11 is 0. The van der Waals surface area contributed by atoms with Crippen LogP contribution in [0.1, 0.15) is 22.7 Å². The molecule has 9 heteroatoms. The fourth-order valence-corrected chi connectivity index (χ4v) is 2.97. The number of non-ortho nitro benzene ring substituents is 1. The Kier molecular flexibility index (Phi) is 4.21. The van der Waals surface area contributed by atoms with Gasteiger partial charge < -0.3 is 20.2 Å². The highest BCUT2D eigenvalue weighted by Gasteiger charge is 2.38. The summed E-state index contributed by atoms with van der Waals surface area (Å²) in [5, 5.41) is 11.1. The molecule has 2 heterocycles. The second-order valence-electron chi connectivity index (χ2n) is 5.72. The SMILES string of the molecule is COC(=O)C1=C(N)Oc2cc(C)[nH]c(=O)c2[C@@H]1c1cccc([N+](=O)[O-])c1. The van der Waals surface area contributed by atoms with Gasteiger partial charge in [0.2, 0.25) is 5.88 Å². The number of nitro groups is 1. The maximum atomic E-state index is 12.6. The monoisotopic (exact) mass is 357 g/mol. The third kappa shape index (κ3) is 2.79. The molecule has 3 N–H and O–H groups in total. The maximum absolute atomic E-state index is 12.6. The summed E-state index contributed by atoms with van der Waals surface area (Å²) in [6, 6.07) is 7.21. The minimum Gasteiger partial charge on any atom is -0.465 e. The van der Waals surface area contributed by atoms with Crippen molar-refractivity contribution < 1.29 is 19.2 Å². The van der Waals surface area contributed by atoms with Gasteiger partial charge in [-0.25, -0.2) is 4.79 Å². The highest BCUT2D eigenvalue weighted by molar-refractivity contribution is 5.92. The van der Waals surface area contributed by atoms with Crippen molar-refractivity contribution in [3.63, 3.8) is 0 Å². The number of aromatic amines is 1. The number of fused-ring (bicyclic) bond motifs is 1. The number of pyridine rings is 1. The van der Waals surface area contributed by atoms with Crippen LogP contribution in [0.3, 0.4) is 0 Å². The van der Waals surface area contributed by atoms with Crippen molar-refractivity contribution in [1.29, 1.82) is 0 Å². The first-order valence-electron chi connectivity index (χ1n) is 7.57. The van der Waals surface area contributed by atoms with Gasteiger partial charge in [0, 0.05) is 23.9 Å². The molecule has 9 nitrogen and oxygen atoms in total. The van der Waals surface area contributed by atoms with E-state index in [2.05, 4.69) is 4.98 Å². The quantitative estimate of drug-likeness (QED) is 0.482. The van der Waals surface area contributed by atoms with Crippen LogP contribution in [0.25, 0.3) is 0 Å². The van der Waals surface area contributed by atoms with Gasteiger partial charge in [-0.15, -0.1) is 0 Å². The Balaban J connectivity index is 2.32. The number of methoxy groups -OCH3 is 1. The molecule has 1 aliphatic rings. The molecule has 0 amide bonds. The Morgan fingerprint density at radius 3 is 2.77 bits per heavy atom. The summed E-state index contributed by atoms with van der Waals surface area (Å²) in [4.78, 5) is 38.0. The number of benzene rings is 1. The van der Waals surface area contributed by atoms with Gasteiger partial charge in [-0.2, -0.15) is 0 Å². The maximum Gasteiger partial charge on any atom is 0.340 e. The summed E-state index contributed by atoms with van der Waals surface area (Å²) in [5.74, 6) is -1.78. The molecular weight excluding hydrogens is 342 g/mol. The molecular formula is C17H15N3O6. The predicted octanol–water partition coefficient (Wildman–Crippen LogP) is 1.46. The van der Waals surface area contributed by atoms with E-state index in [1.165, 1.54) is 25.3 Å². The number of aromatic nitrogens is 1. The van der Waals surface area contributed by atoms with E-state index in [0.717, 1.165) is 0 Å². The molecule has 1 aliphatic heterocycles. The number of carbonyl (C=O) groups excluding carboxylic acids is 1. The van der Waals surface area contributed by atoms with Crippen LogP contribution < -0.4 is 16.0 Å². The van der Waals surface area contributed by atoms with E-state index < -0.39 is 22.4 Å². The zero-order valence-electron chi connectivity index (χ0n) is 13.9. The molecule has 0 saturated heterocycles. The molecule has 1 aromatic heterocycles. The van der Waals surface area contributed by atoms with E-state index in [1.807, 2.05) is 0 Å². The minimum atomic E-state index is -0.963. The van der Waals surface area contributed by atoms with E-state index in [0.29, 0.717) is 11.3 Å². The van der Waals surface area contributed by atoms with Gasteiger partial charge in [0.05, 0.1) is 23.5 Å². The number of hydrogen-bond donors (Lipinski definition) is 2. The van der Waals surface area contributed by atoms with Crippen LogP contribution in [0.2, 0.25) is 0 Å². The molecule has 26 heavy (non-hydrogen) atoms. The van der Waals surface area contributed by atoms with Crippen molar-refractivity contribution >= 4 is 11.7 Å². The highest BCUT2D eigenvalue weighted by Crippen LogP contribution is 2.41. The van der Waals surface area contributed by atoms with Crippen molar-refractivity contribution in [3.8, 4) is 5.75 Å². The first-order valence-corrected chi connectivity index (χ1v) is 7.57. The fourth-order valence-electron chi connectivity index (χ4n) is 2.97. The lowest BCUT2D eigenvalue weighted by atomic mass is 9.83. The highest BCUT2D eigenvalue weighted by atomic mass is 16.6. The number of ether oxygens (including phenoxy) is 2. The molecule has 1 atom stereocenters. The van der Waals surface area contributed by atoms with E-state index in [1.54, 1.807) is 19.1 Å². The van der Waals surface area contributed by atoms with Gasteiger partial charge >= 0.3 is 5.97 Å². The van der Waals surface area contributed by atoms with Gasteiger partial charge in [0.1, 0.15) is 11.3 Å². The third-order valence-corrected chi connectivity index (χ3v) is 4.05. The van der Waals surface area contributed by atoms with Crippen LogP contribution in [0, 0.1) is 17.0 Å². The Bertz CT molecular complexity index is 1010. The Morgan fingerprint density at radius 2 is 2.12 bits per heavy atom. The van der Waals surface area contributed by atoms with Crippen LogP contribution in [-0.4, -0.2) is 23.0 Å². The topological polar surface area (TPSA) is 138 Å². The Hall–Kier alpha value is -3.62. The lowest BCUT2D eigenvalue weighted by Gasteiger charge is -2.27. The Morgan fingerprint density at radius 1 is 1.38 bits per heavy atom. The molecule has 134 valence electrons. The van der Waals surface area contributed by atoms with Crippen molar-refractivity contribution in [2.24, 2.45) is 5.73 Å². The summed E-state index contributed by atoms with van der Waals surface area (Å²) < 4.78 is 10.2. The van der Waals surface area contributed by atoms with E-state index in [-0.39, 0.29) is 28.5 Å². The van der Waals surface area contributed by atoms with Gasteiger partial charge in [-0.3, -0.25) is 14.9 Å². The third-order valence-electron chi connectivity index (χ3n) is 4.05. The lowest BCUT2D eigenvalue weighted by Crippen LogP contribution is -2.31. The molecule has 1 aromatic carbocycles. The number of nitrogens with one attached hydrogen (secondary N) is 1. The molecule has 0 unspecified atom stereocenters. The number of rotatable bonds is 3. The number of esters is 1. The van der Waals surface area contributed by atoms with Crippen LogP contribution in [0.15, 0.2) is 46.6 Å². The first kappa shape index (κ1) is 17.2. The largest absolute Gasteiger partial charge is 0.465 e. The van der Waals surface area contributed by atoms with Gasteiger partial charge in [-0.05, 0) is 12.5 Å². The van der Waals surface area contributed by atoms with Gasteiger partial charge in [-0.1, -0.05) is 12.1 Å². The van der Waals surface area contributed by atoms with Crippen LogP contribution in [-0.2, 0) is 9.53 Å². The van der Waals surface area contributed by atoms with Crippen molar-refractivity contribution in [1.82, 2.24) is 4.98 Å². The molecule has 0 aliphatic carbocycles. The summed E-state index contributed by atoms with van der Waals surface area (Å²) in [5.41, 5.74) is 6.18. The summed E-state index contributed by atoms with van der Waals surface area (Å²) in [7, 11) is 1.17. The smallest absolute Gasteiger partial charge is 0.340 e. The molecule has 0 fully saturated rings. The standard InChI is InChI=1S/C17H15N3O6/c1-8-6-11-13(16(21)19-8)12(14(15(18)26-11)17(22)25-2)9-4-3-5-10(7-9)20(23)24/h3-7,12H,18H2,1-2H3,(H,19,21)/t12-/m0/s1. The number of aryl methyl sites for hydroxylation is 1. The summed E-state index contributed by atoms with van der Waals surface area (Å²) in [6.45, 7) is 1.67. The van der Waals surface area contributed by atoms with Crippen LogP contribution >= 0.6 is 0 Å². The zero-order valence-corrected chi connectivity index (χ0v) is 13.9. The number of H-pyrrole nitrogens is 1. The van der Waals surface area contributed by atoms with E-state index >= 15 is 0 Å². The van der Waals surface area contributed by atoms with Crippen molar-refractivity contribution in [2.45, 2.75) is 12.8 Å². The number of nitrogens with zero attached hydrogens (tertiary/aromatic N) is 1. The second-order valence-corrected chi connectivity index (χ2v) is 5.72. The average molecular weight is 357 g/mol. The van der Waals surface area contributed by atoms with Gasteiger partial charge in [0.25, 0.3) is 11.2 Å². The van der Waals surface area contributed by atoms with E-state index in [4.69, 9.17) is 15.2 Å². The molecule has 2 aromatic rings. The van der Waals surface area contributed by atoms with Gasteiger partial charge in [0.15, 0.2) is 0 Å². The number of nitro benzene ring substituents is 1. The van der Waals surface area contributed by atoms with Crippen molar-refractivity contribution in [2.75, 3.05) is 7.11 Å². The number of hydrogen-bond acceptors (Lipinski definition) is 7. The predicted molar refractivity (Wildman–Crippen MR) is 90.6 cm³/mol. The zero-order chi connectivity index (χ0) is 19.0. The summed E-state index contributed by atoms with van der Waals surface area (Å²) in [6.07, 6.45) is 0. The normalized spacial score (nSPS) is 15.8. The molecule has 3 rings (SSSR count). The molecule has 0 radical (unpaired) electrons. The average Bonchev–Trinajstić information content (AvgIpc) is 2.59.